The van der Waals surface area contributed by atoms with Crippen molar-refractivity contribution < 1.29 is 4.74 Å². The average molecular weight is 614 g/mol. The molecule has 0 bridgehead atoms. The molecule has 44 heavy (non-hydrogen) atoms. The van der Waals surface area contributed by atoms with Crippen molar-refractivity contribution in [3.05, 3.63) is 48.6 Å². The third-order valence-corrected chi connectivity index (χ3v) is 8.57. The topological polar surface area (TPSA) is 12.5 Å². The van der Waals surface area contributed by atoms with E-state index in [-0.39, 0.29) is 0 Å². The highest BCUT2D eigenvalue weighted by atomic mass is 16.5. The van der Waals surface area contributed by atoms with E-state index in [1.807, 2.05) is 0 Å². The Kier molecular flexibility index (Phi) is 37.1. The normalized spacial score (nSPS) is 13.2. The van der Waals surface area contributed by atoms with E-state index in [9.17, 15) is 0 Å². The van der Waals surface area contributed by atoms with Gasteiger partial charge in [-0.05, 0) is 97.7 Å². The predicted octanol–water partition coefficient (Wildman–Crippen LogP) is 13.7. The maximum Gasteiger partial charge on any atom is 0.0575 e. The van der Waals surface area contributed by atoms with Crippen LogP contribution in [0.3, 0.4) is 0 Å². The van der Waals surface area contributed by atoms with Gasteiger partial charge in [0.05, 0.1) is 6.10 Å². The first-order valence-corrected chi connectivity index (χ1v) is 19.6. The SMILES string of the molecule is CC/C=C\C/C=C\C/C=C\CCCCCCCC[C@H](CCCCCCCC/C=C\CCCCCCCC)OCCCN(C)C. The molecule has 1 atom stereocenters. The molecule has 0 amide bonds. The van der Waals surface area contributed by atoms with Crippen LogP contribution in [-0.4, -0.2) is 38.3 Å². The molecule has 0 N–H and O–H groups in total. The summed E-state index contributed by atoms with van der Waals surface area (Å²) < 4.78 is 6.39. The van der Waals surface area contributed by atoms with Crippen LogP contribution in [-0.2, 0) is 4.74 Å². The van der Waals surface area contributed by atoms with Gasteiger partial charge in [-0.1, -0.05) is 159 Å². The quantitative estimate of drug-likeness (QED) is 0.0521. The molecule has 0 unspecified atom stereocenters. The van der Waals surface area contributed by atoms with Gasteiger partial charge in [0.1, 0.15) is 0 Å². The van der Waals surface area contributed by atoms with Gasteiger partial charge in [0, 0.05) is 6.61 Å². The molecule has 0 heterocycles. The molecule has 2 heteroatoms. The second-order valence-corrected chi connectivity index (χ2v) is 13.4. The summed E-state index contributed by atoms with van der Waals surface area (Å²) in [4.78, 5) is 2.27. The number of hydrogen-bond acceptors (Lipinski definition) is 2. The standard InChI is InChI=1S/C42H79NO/c1-5-7-9-11-13-15-17-19-21-23-25-27-29-31-33-35-38-42(44-41-37-40-43(3)4)39-36-34-32-30-28-26-24-22-20-18-16-14-12-10-8-6-2/h7,9,13,15,19-22,42H,5-6,8,10-12,14,16-18,23-41H2,1-4H3/b9-7-,15-13-,21-19-,22-20-/t42-/m1/s1. The number of hydrogen-bond donors (Lipinski definition) is 0. The van der Waals surface area contributed by atoms with Crippen LogP contribution >= 0.6 is 0 Å². The molecule has 2 nitrogen and oxygen atoms in total. The number of unbranched alkanes of at least 4 members (excludes halogenated alkanes) is 18. The fourth-order valence-corrected chi connectivity index (χ4v) is 5.73. The van der Waals surface area contributed by atoms with E-state index in [4.69, 9.17) is 4.74 Å². The van der Waals surface area contributed by atoms with Crippen LogP contribution in [0, 0.1) is 0 Å². The summed E-state index contributed by atoms with van der Waals surface area (Å²) in [6.45, 7) is 6.53. The van der Waals surface area contributed by atoms with Gasteiger partial charge in [0.2, 0.25) is 0 Å². The van der Waals surface area contributed by atoms with Crippen LogP contribution in [0.5, 0.6) is 0 Å². The summed E-state index contributed by atoms with van der Waals surface area (Å²) in [6.07, 6.45) is 54.8. The maximum atomic E-state index is 6.39. The lowest BCUT2D eigenvalue weighted by molar-refractivity contribution is 0.0342. The highest BCUT2D eigenvalue weighted by Gasteiger charge is 2.09. The van der Waals surface area contributed by atoms with Crippen LogP contribution in [0.4, 0.5) is 0 Å². The lowest BCUT2D eigenvalue weighted by Gasteiger charge is -2.19. The smallest absolute Gasteiger partial charge is 0.0575 e. The van der Waals surface area contributed by atoms with Gasteiger partial charge in [-0.25, -0.2) is 0 Å². The molecule has 0 aromatic carbocycles. The average Bonchev–Trinajstić information content (AvgIpc) is 3.02. The number of rotatable bonds is 35. The Bertz CT molecular complexity index is 646. The van der Waals surface area contributed by atoms with Gasteiger partial charge in [-0.3, -0.25) is 0 Å². The second kappa shape index (κ2) is 38.1. The van der Waals surface area contributed by atoms with Gasteiger partial charge in [-0.2, -0.15) is 0 Å². The lowest BCUT2D eigenvalue weighted by atomic mass is 10.0. The summed E-state index contributed by atoms with van der Waals surface area (Å²) in [6, 6.07) is 0. The van der Waals surface area contributed by atoms with Crippen molar-refractivity contribution in [3.8, 4) is 0 Å². The molecule has 0 saturated carbocycles. The maximum absolute atomic E-state index is 6.39. The fourth-order valence-electron chi connectivity index (χ4n) is 5.73. The Morgan fingerprint density at radius 1 is 0.455 bits per heavy atom. The minimum Gasteiger partial charge on any atom is -0.378 e. The van der Waals surface area contributed by atoms with E-state index in [1.165, 1.54) is 148 Å². The van der Waals surface area contributed by atoms with Crippen LogP contribution < -0.4 is 0 Å². The second-order valence-electron chi connectivity index (χ2n) is 13.4. The van der Waals surface area contributed by atoms with E-state index >= 15 is 0 Å². The van der Waals surface area contributed by atoms with Gasteiger partial charge >= 0.3 is 0 Å². The van der Waals surface area contributed by atoms with Crippen LogP contribution in [0.25, 0.3) is 0 Å². The Morgan fingerprint density at radius 3 is 1.34 bits per heavy atom. The number of ether oxygens (including phenoxy) is 1. The summed E-state index contributed by atoms with van der Waals surface area (Å²) in [5.41, 5.74) is 0. The molecule has 0 spiro atoms. The van der Waals surface area contributed by atoms with Crippen molar-refractivity contribution in [2.45, 2.75) is 193 Å². The highest BCUT2D eigenvalue weighted by molar-refractivity contribution is 4.97. The summed E-state index contributed by atoms with van der Waals surface area (Å²) in [7, 11) is 4.32. The van der Waals surface area contributed by atoms with E-state index < -0.39 is 0 Å². The summed E-state index contributed by atoms with van der Waals surface area (Å²) in [5, 5.41) is 0. The lowest BCUT2D eigenvalue weighted by Crippen LogP contribution is -2.18. The molecule has 0 radical (unpaired) electrons. The number of nitrogens with zero attached hydrogens (tertiary/aromatic N) is 1. The minimum absolute atomic E-state index is 0.482. The molecule has 0 fully saturated rings. The van der Waals surface area contributed by atoms with Crippen molar-refractivity contribution in [3.63, 3.8) is 0 Å². The van der Waals surface area contributed by atoms with E-state index in [0.717, 1.165) is 38.8 Å². The predicted molar refractivity (Wildman–Crippen MR) is 201 cm³/mol. The third kappa shape index (κ3) is 37.1. The molecule has 0 aliphatic rings. The van der Waals surface area contributed by atoms with E-state index in [0.29, 0.717) is 6.10 Å². The molecule has 0 saturated heterocycles. The first-order chi connectivity index (χ1) is 21.7. The van der Waals surface area contributed by atoms with Gasteiger partial charge in [0.15, 0.2) is 0 Å². The highest BCUT2D eigenvalue weighted by Crippen LogP contribution is 2.18. The van der Waals surface area contributed by atoms with Crippen molar-refractivity contribution in [1.82, 2.24) is 4.90 Å². The van der Waals surface area contributed by atoms with Crippen molar-refractivity contribution in [1.29, 1.82) is 0 Å². The zero-order valence-electron chi connectivity index (χ0n) is 30.6. The molecule has 0 aliphatic heterocycles. The Labute approximate surface area is 278 Å². The fraction of sp³-hybridized carbons (Fsp3) is 0.810. The zero-order valence-corrected chi connectivity index (χ0v) is 30.6. The Balaban J connectivity index is 3.82. The molecular weight excluding hydrogens is 534 g/mol. The first kappa shape index (κ1) is 42.9. The summed E-state index contributed by atoms with van der Waals surface area (Å²) >= 11 is 0. The summed E-state index contributed by atoms with van der Waals surface area (Å²) in [5.74, 6) is 0. The number of allylic oxidation sites excluding steroid dienone is 8. The minimum atomic E-state index is 0.482. The van der Waals surface area contributed by atoms with E-state index in [2.05, 4.69) is 81.5 Å². The molecule has 0 aromatic rings. The molecular formula is C42H79NO. The monoisotopic (exact) mass is 614 g/mol. The third-order valence-electron chi connectivity index (χ3n) is 8.57. The Hall–Kier alpha value is -1.12. The molecule has 0 rings (SSSR count). The van der Waals surface area contributed by atoms with Crippen molar-refractivity contribution >= 4 is 0 Å². The molecule has 258 valence electrons. The Morgan fingerprint density at radius 2 is 0.864 bits per heavy atom. The molecule has 0 aliphatic carbocycles. The zero-order chi connectivity index (χ0) is 32.0. The van der Waals surface area contributed by atoms with Gasteiger partial charge in [0.25, 0.3) is 0 Å². The largest absolute Gasteiger partial charge is 0.378 e. The van der Waals surface area contributed by atoms with Crippen LogP contribution in [0.1, 0.15) is 187 Å². The van der Waals surface area contributed by atoms with Gasteiger partial charge in [-0.15, -0.1) is 0 Å². The molecule has 0 aromatic heterocycles. The van der Waals surface area contributed by atoms with Crippen LogP contribution in [0.15, 0.2) is 48.6 Å². The van der Waals surface area contributed by atoms with Crippen molar-refractivity contribution in [2.75, 3.05) is 27.2 Å². The van der Waals surface area contributed by atoms with E-state index in [1.54, 1.807) is 0 Å². The van der Waals surface area contributed by atoms with Crippen molar-refractivity contribution in [2.24, 2.45) is 0 Å². The van der Waals surface area contributed by atoms with Gasteiger partial charge < -0.3 is 9.64 Å². The first-order valence-electron chi connectivity index (χ1n) is 19.6. The van der Waals surface area contributed by atoms with Crippen LogP contribution in [0.2, 0.25) is 0 Å².